The van der Waals surface area contributed by atoms with Crippen molar-refractivity contribution in [1.29, 1.82) is 0 Å². The van der Waals surface area contributed by atoms with Gasteiger partial charge in [-0.1, -0.05) is 54.1 Å². The molecule has 1 unspecified atom stereocenters. The van der Waals surface area contributed by atoms with Crippen molar-refractivity contribution in [2.24, 2.45) is 5.92 Å². The van der Waals surface area contributed by atoms with E-state index in [4.69, 9.17) is 0 Å². The number of benzene rings is 2. The summed E-state index contributed by atoms with van der Waals surface area (Å²) < 4.78 is 0. The van der Waals surface area contributed by atoms with Crippen LogP contribution in [0, 0.1) is 12.8 Å². The van der Waals surface area contributed by atoms with Gasteiger partial charge in [0.2, 0.25) is 5.91 Å². The van der Waals surface area contributed by atoms with Gasteiger partial charge in [-0.3, -0.25) is 4.79 Å². The van der Waals surface area contributed by atoms with E-state index in [0.29, 0.717) is 6.54 Å². The Hall–Kier alpha value is -2.81. The van der Waals surface area contributed by atoms with Crippen LogP contribution in [0.5, 0.6) is 0 Å². The van der Waals surface area contributed by atoms with E-state index < -0.39 is 0 Å². The maximum absolute atomic E-state index is 12.5. The third kappa shape index (κ3) is 3.43. The van der Waals surface area contributed by atoms with Crippen molar-refractivity contribution >= 4 is 22.4 Å². The summed E-state index contributed by atoms with van der Waals surface area (Å²) in [6, 6.07) is 16.7. The lowest BCUT2D eigenvalue weighted by Gasteiger charge is -2.21. The van der Waals surface area contributed by atoms with Crippen molar-refractivity contribution < 1.29 is 4.79 Å². The van der Waals surface area contributed by atoms with Gasteiger partial charge in [0.15, 0.2) is 0 Å². The quantitative estimate of drug-likeness (QED) is 0.689. The summed E-state index contributed by atoms with van der Waals surface area (Å²) in [4.78, 5) is 15.8. The summed E-state index contributed by atoms with van der Waals surface area (Å²) in [6.07, 6.45) is 7.01. The van der Waals surface area contributed by atoms with Gasteiger partial charge >= 0.3 is 0 Å². The number of aromatic amines is 1. The molecule has 1 amide bonds. The number of allylic oxidation sites excluding steroid dienone is 2. The normalized spacial score (nSPS) is 17.1. The third-order valence-corrected chi connectivity index (χ3v) is 5.30. The first-order chi connectivity index (χ1) is 12.7. The number of H-pyrrole nitrogens is 1. The summed E-state index contributed by atoms with van der Waals surface area (Å²) in [5, 5.41) is 4.36. The van der Waals surface area contributed by atoms with Crippen LogP contribution >= 0.6 is 0 Å². The second-order valence-electron chi connectivity index (χ2n) is 7.15. The Morgan fingerprint density at radius 2 is 1.96 bits per heavy atom. The number of hydrogen-bond acceptors (Lipinski definition) is 1. The number of aromatic nitrogens is 1. The first-order valence-corrected chi connectivity index (χ1v) is 9.29. The van der Waals surface area contributed by atoms with Crippen molar-refractivity contribution in [1.82, 2.24) is 10.3 Å². The molecule has 0 radical (unpaired) electrons. The van der Waals surface area contributed by atoms with Crippen molar-refractivity contribution in [3.63, 3.8) is 0 Å². The number of para-hydroxylation sites is 1. The molecule has 4 rings (SSSR count). The first kappa shape index (κ1) is 16.6. The van der Waals surface area contributed by atoms with E-state index in [2.05, 4.69) is 72.0 Å². The highest BCUT2D eigenvalue weighted by Crippen LogP contribution is 2.34. The molecule has 2 N–H and O–H groups in total. The molecule has 1 heterocycles. The van der Waals surface area contributed by atoms with Crippen LogP contribution in [0.1, 0.15) is 36.0 Å². The van der Waals surface area contributed by atoms with Crippen molar-refractivity contribution in [3.05, 3.63) is 77.5 Å². The average Bonchev–Trinajstić information content (AvgIpc) is 3.11. The van der Waals surface area contributed by atoms with Gasteiger partial charge in [-0.15, -0.1) is 0 Å². The maximum Gasteiger partial charge on any atom is 0.223 e. The summed E-state index contributed by atoms with van der Waals surface area (Å²) in [6.45, 7) is 2.68. The lowest BCUT2D eigenvalue weighted by atomic mass is 9.86. The third-order valence-electron chi connectivity index (χ3n) is 5.30. The van der Waals surface area contributed by atoms with Crippen molar-refractivity contribution in [2.45, 2.75) is 32.7 Å². The Morgan fingerprint density at radius 1 is 1.15 bits per heavy atom. The Balaban J connectivity index is 1.39. The van der Waals surface area contributed by atoms with Crippen LogP contribution in [-0.2, 0) is 11.3 Å². The van der Waals surface area contributed by atoms with Crippen LogP contribution in [0.4, 0.5) is 0 Å². The van der Waals surface area contributed by atoms with E-state index >= 15 is 0 Å². The van der Waals surface area contributed by atoms with Gasteiger partial charge in [0.25, 0.3) is 0 Å². The fourth-order valence-electron chi connectivity index (χ4n) is 3.69. The van der Waals surface area contributed by atoms with Crippen LogP contribution in [0.3, 0.4) is 0 Å². The Kier molecular flexibility index (Phi) is 4.61. The van der Waals surface area contributed by atoms with Crippen molar-refractivity contribution in [2.75, 3.05) is 0 Å². The summed E-state index contributed by atoms with van der Waals surface area (Å²) in [5.74, 6) is 0.245. The van der Waals surface area contributed by atoms with E-state index in [9.17, 15) is 4.79 Å². The molecule has 132 valence electrons. The van der Waals surface area contributed by atoms with Crippen LogP contribution in [0.2, 0.25) is 0 Å². The minimum atomic E-state index is 0.0782. The Labute approximate surface area is 154 Å². The Bertz CT molecular complexity index is 950. The molecular weight excluding hydrogens is 320 g/mol. The first-order valence-electron chi connectivity index (χ1n) is 9.29. The van der Waals surface area contributed by atoms with E-state index in [-0.39, 0.29) is 11.8 Å². The van der Waals surface area contributed by atoms with Crippen molar-refractivity contribution in [3.8, 4) is 0 Å². The molecule has 0 saturated heterocycles. The predicted molar refractivity (Wildman–Crippen MR) is 107 cm³/mol. The van der Waals surface area contributed by atoms with E-state index in [1.807, 2.05) is 6.07 Å². The molecule has 0 spiro atoms. The lowest BCUT2D eigenvalue weighted by Crippen LogP contribution is -2.31. The minimum absolute atomic E-state index is 0.0782. The molecule has 0 saturated carbocycles. The molecular formula is C23H24N2O. The molecule has 2 aromatic carbocycles. The smallest absolute Gasteiger partial charge is 0.223 e. The summed E-state index contributed by atoms with van der Waals surface area (Å²) in [7, 11) is 0. The number of hydrogen-bond donors (Lipinski definition) is 2. The molecule has 26 heavy (non-hydrogen) atoms. The molecule has 1 aromatic heterocycles. The van der Waals surface area contributed by atoms with E-state index in [0.717, 1.165) is 24.8 Å². The van der Waals surface area contributed by atoms with E-state index in [1.54, 1.807) is 0 Å². The Morgan fingerprint density at radius 3 is 2.73 bits per heavy atom. The molecule has 3 aromatic rings. The number of carbonyl (C=O) groups is 1. The second-order valence-corrected chi connectivity index (χ2v) is 7.15. The number of fused-ring (bicyclic) bond motifs is 1. The summed E-state index contributed by atoms with van der Waals surface area (Å²) in [5.41, 5.74) is 6.18. The zero-order valence-electron chi connectivity index (χ0n) is 15.1. The number of carbonyl (C=O) groups excluding carboxylic acids is 1. The number of aryl methyl sites for hydroxylation is 1. The van der Waals surface area contributed by atoms with Crippen LogP contribution in [-0.4, -0.2) is 10.9 Å². The molecule has 0 fully saturated rings. The zero-order chi connectivity index (χ0) is 17.9. The molecule has 0 aliphatic heterocycles. The van der Waals surface area contributed by atoms with Crippen LogP contribution in [0.25, 0.3) is 16.5 Å². The van der Waals surface area contributed by atoms with Gasteiger partial charge in [-0.05, 0) is 43.4 Å². The largest absolute Gasteiger partial charge is 0.361 e. The van der Waals surface area contributed by atoms with E-state index in [1.165, 1.54) is 27.6 Å². The molecule has 1 aliphatic carbocycles. The molecule has 0 bridgehead atoms. The second kappa shape index (κ2) is 7.20. The fraction of sp³-hybridized carbons (Fsp3) is 0.261. The fourth-order valence-corrected chi connectivity index (χ4v) is 3.69. The number of rotatable bonds is 4. The maximum atomic E-state index is 12.5. The predicted octanol–water partition coefficient (Wildman–Crippen LogP) is 4.98. The monoisotopic (exact) mass is 344 g/mol. The standard InChI is InChI=1S/C23H24N2O/c1-16-6-8-17(9-7-16)14-25-23(26)19-12-10-18(11-13-19)21-15-24-22-5-3-2-4-20(21)22/h2-10,15,19,24H,11-14H2,1H3,(H,25,26). The van der Waals surface area contributed by atoms with Gasteiger partial charge in [0.1, 0.15) is 0 Å². The van der Waals surface area contributed by atoms with Crippen LogP contribution in [0.15, 0.2) is 60.8 Å². The molecule has 3 heteroatoms. The van der Waals surface area contributed by atoms with Gasteiger partial charge in [0, 0.05) is 35.1 Å². The number of nitrogens with one attached hydrogen (secondary N) is 2. The van der Waals surface area contributed by atoms with Crippen LogP contribution < -0.4 is 5.32 Å². The van der Waals surface area contributed by atoms with Gasteiger partial charge in [-0.2, -0.15) is 0 Å². The average molecular weight is 344 g/mol. The summed E-state index contributed by atoms with van der Waals surface area (Å²) >= 11 is 0. The van der Waals surface area contributed by atoms with Gasteiger partial charge < -0.3 is 10.3 Å². The minimum Gasteiger partial charge on any atom is -0.361 e. The highest BCUT2D eigenvalue weighted by molar-refractivity contribution is 5.93. The topological polar surface area (TPSA) is 44.9 Å². The molecule has 1 aliphatic rings. The number of amides is 1. The highest BCUT2D eigenvalue weighted by atomic mass is 16.1. The van der Waals surface area contributed by atoms with Gasteiger partial charge in [0.05, 0.1) is 0 Å². The molecule has 3 nitrogen and oxygen atoms in total. The highest BCUT2D eigenvalue weighted by Gasteiger charge is 2.22. The lowest BCUT2D eigenvalue weighted by molar-refractivity contribution is -0.125. The zero-order valence-corrected chi connectivity index (χ0v) is 15.1. The van der Waals surface area contributed by atoms with Gasteiger partial charge in [-0.25, -0.2) is 0 Å². The molecule has 1 atom stereocenters. The SMILES string of the molecule is Cc1ccc(CNC(=O)C2CC=C(c3c[nH]c4ccccc34)CC2)cc1.